The molecule has 0 bridgehead atoms. The number of rotatable bonds is 5. The maximum atomic E-state index is 12.0. The van der Waals surface area contributed by atoms with Crippen LogP contribution in [0.25, 0.3) is 0 Å². The molecule has 0 aliphatic heterocycles. The van der Waals surface area contributed by atoms with E-state index in [9.17, 15) is 4.79 Å². The van der Waals surface area contributed by atoms with E-state index in [2.05, 4.69) is 24.1 Å². The van der Waals surface area contributed by atoms with Gasteiger partial charge in [-0.2, -0.15) is 0 Å². The van der Waals surface area contributed by atoms with Crippen LogP contribution >= 0.6 is 0 Å². The Hall–Kier alpha value is -1.78. The van der Waals surface area contributed by atoms with Crippen molar-refractivity contribution in [2.75, 3.05) is 24.2 Å². The second-order valence-corrected chi connectivity index (χ2v) is 4.86. The Kier molecular flexibility index (Phi) is 4.95. The van der Waals surface area contributed by atoms with Crippen LogP contribution in [0.5, 0.6) is 0 Å². The SMILES string of the molecule is CC(C)CNC(=O)C(C)N(C)c1ccncc1N. The number of hydrogen-bond acceptors (Lipinski definition) is 4. The number of aromatic nitrogens is 1. The highest BCUT2D eigenvalue weighted by molar-refractivity contribution is 5.86. The molecule has 0 fully saturated rings. The van der Waals surface area contributed by atoms with Gasteiger partial charge in [0.05, 0.1) is 17.6 Å². The molecule has 1 aromatic rings. The normalized spacial score (nSPS) is 12.3. The third-order valence-electron chi connectivity index (χ3n) is 2.85. The smallest absolute Gasteiger partial charge is 0.242 e. The molecule has 5 heteroatoms. The molecule has 0 saturated heterocycles. The Balaban J connectivity index is 2.69. The molecule has 1 rings (SSSR count). The van der Waals surface area contributed by atoms with E-state index in [0.717, 1.165) is 5.69 Å². The van der Waals surface area contributed by atoms with Crippen molar-refractivity contribution in [1.29, 1.82) is 0 Å². The fraction of sp³-hybridized carbons (Fsp3) is 0.538. The standard InChI is InChI=1S/C13H22N4O/c1-9(2)7-16-13(18)10(3)17(4)12-5-6-15-8-11(12)14/h5-6,8-10H,7,14H2,1-4H3,(H,16,18). The number of nitrogens with zero attached hydrogens (tertiary/aromatic N) is 2. The largest absolute Gasteiger partial charge is 0.396 e. The molecule has 18 heavy (non-hydrogen) atoms. The lowest BCUT2D eigenvalue weighted by Gasteiger charge is -2.27. The number of nitrogen functional groups attached to an aromatic ring is 1. The fourth-order valence-corrected chi connectivity index (χ4v) is 1.56. The molecular formula is C13H22N4O. The van der Waals surface area contributed by atoms with E-state index >= 15 is 0 Å². The summed E-state index contributed by atoms with van der Waals surface area (Å²) in [5.41, 5.74) is 7.24. The molecule has 0 aliphatic rings. The van der Waals surface area contributed by atoms with Crippen molar-refractivity contribution in [3.63, 3.8) is 0 Å². The van der Waals surface area contributed by atoms with Gasteiger partial charge in [-0.25, -0.2) is 0 Å². The number of pyridine rings is 1. The fourth-order valence-electron chi connectivity index (χ4n) is 1.56. The minimum absolute atomic E-state index is 0.00223. The minimum Gasteiger partial charge on any atom is -0.396 e. The van der Waals surface area contributed by atoms with Gasteiger partial charge in [-0.15, -0.1) is 0 Å². The number of amides is 1. The number of likely N-dealkylation sites (N-methyl/N-ethyl adjacent to an activating group) is 1. The lowest BCUT2D eigenvalue weighted by atomic mass is 10.2. The van der Waals surface area contributed by atoms with E-state index < -0.39 is 0 Å². The second kappa shape index (κ2) is 6.23. The number of anilines is 2. The van der Waals surface area contributed by atoms with Crippen molar-refractivity contribution in [1.82, 2.24) is 10.3 Å². The van der Waals surface area contributed by atoms with Gasteiger partial charge in [-0.3, -0.25) is 9.78 Å². The highest BCUT2D eigenvalue weighted by Gasteiger charge is 2.19. The molecule has 5 nitrogen and oxygen atoms in total. The van der Waals surface area contributed by atoms with E-state index in [1.165, 1.54) is 0 Å². The van der Waals surface area contributed by atoms with Gasteiger partial charge in [0.1, 0.15) is 6.04 Å². The first-order valence-corrected chi connectivity index (χ1v) is 6.13. The second-order valence-electron chi connectivity index (χ2n) is 4.86. The molecular weight excluding hydrogens is 228 g/mol. The number of nitrogens with two attached hydrogens (primary N) is 1. The highest BCUT2D eigenvalue weighted by Crippen LogP contribution is 2.21. The van der Waals surface area contributed by atoms with E-state index in [1.54, 1.807) is 12.4 Å². The Morgan fingerprint density at radius 3 is 2.72 bits per heavy atom. The summed E-state index contributed by atoms with van der Waals surface area (Å²) < 4.78 is 0. The Bertz CT molecular complexity index is 406. The van der Waals surface area contributed by atoms with Gasteiger partial charge in [-0.1, -0.05) is 13.8 Å². The topological polar surface area (TPSA) is 71.2 Å². The number of carbonyl (C=O) groups excluding carboxylic acids is 1. The van der Waals surface area contributed by atoms with Crippen LogP contribution in [0.1, 0.15) is 20.8 Å². The van der Waals surface area contributed by atoms with Crippen LogP contribution in [0, 0.1) is 5.92 Å². The molecule has 3 N–H and O–H groups in total. The van der Waals surface area contributed by atoms with Gasteiger partial charge in [-0.05, 0) is 18.9 Å². The van der Waals surface area contributed by atoms with Gasteiger partial charge >= 0.3 is 0 Å². The van der Waals surface area contributed by atoms with E-state index in [0.29, 0.717) is 18.2 Å². The van der Waals surface area contributed by atoms with E-state index in [-0.39, 0.29) is 11.9 Å². The molecule has 100 valence electrons. The molecule has 1 amide bonds. The Morgan fingerprint density at radius 1 is 1.50 bits per heavy atom. The van der Waals surface area contributed by atoms with Crippen molar-refractivity contribution in [2.45, 2.75) is 26.8 Å². The summed E-state index contributed by atoms with van der Waals surface area (Å²) >= 11 is 0. The summed E-state index contributed by atoms with van der Waals surface area (Å²) in [5, 5.41) is 2.91. The van der Waals surface area contributed by atoms with Crippen LogP contribution in [0.3, 0.4) is 0 Å². The van der Waals surface area contributed by atoms with Crippen LogP contribution < -0.4 is 16.0 Å². The molecule has 0 aliphatic carbocycles. The number of hydrogen-bond donors (Lipinski definition) is 2. The van der Waals surface area contributed by atoms with Crippen LogP contribution in [-0.2, 0) is 4.79 Å². The molecule has 0 saturated carbocycles. The summed E-state index contributed by atoms with van der Waals surface area (Å²) in [6.07, 6.45) is 3.26. The first-order chi connectivity index (χ1) is 8.43. The van der Waals surface area contributed by atoms with E-state index in [1.807, 2.05) is 24.9 Å². The summed E-state index contributed by atoms with van der Waals surface area (Å²) in [5.74, 6) is 0.444. The third kappa shape index (κ3) is 3.61. The minimum atomic E-state index is -0.270. The predicted octanol–water partition coefficient (Wildman–Crippen LogP) is 1.26. The average molecular weight is 250 g/mol. The summed E-state index contributed by atoms with van der Waals surface area (Å²) in [4.78, 5) is 17.8. The Morgan fingerprint density at radius 2 is 2.17 bits per heavy atom. The lowest BCUT2D eigenvalue weighted by Crippen LogP contribution is -2.44. The van der Waals surface area contributed by atoms with Crippen molar-refractivity contribution >= 4 is 17.3 Å². The quantitative estimate of drug-likeness (QED) is 0.825. The molecule has 1 aromatic heterocycles. The molecule has 1 atom stereocenters. The maximum absolute atomic E-state index is 12.0. The van der Waals surface area contributed by atoms with Crippen molar-refractivity contribution < 1.29 is 4.79 Å². The van der Waals surface area contributed by atoms with Crippen molar-refractivity contribution in [3.05, 3.63) is 18.5 Å². The van der Waals surface area contributed by atoms with Crippen LogP contribution in [-0.4, -0.2) is 30.5 Å². The van der Waals surface area contributed by atoms with Crippen molar-refractivity contribution in [3.8, 4) is 0 Å². The Labute approximate surface area is 108 Å². The van der Waals surface area contributed by atoms with Gasteiger partial charge < -0.3 is 16.0 Å². The third-order valence-corrected chi connectivity index (χ3v) is 2.85. The monoisotopic (exact) mass is 250 g/mol. The zero-order valence-electron chi connectivity index (χ0n) is 11.5. The number of carbonyl (C=O) groups is 1. The summed E-state index contributed by atoms with van der Waals surface area (Å²) in [6, 6.07) is 1.54. The first kappa shape index (κ1) is 14.3. The number of nitrogens with one attached hydrogen (secondary N) is 1. The summed E-state index contributed by atoms with van der Waals surface area (Å²) in [7, 11) is 1.85. The zero-order chi connectivity index (χ0) is 13.7. The maximum Gasteiger partial charge on any atom is 0.242 e. The van der Waals surface area contributed by atoms with Crippen LogP contribution in [0.2, 0.25) is 0 Å². The highest BCUT2D eigenvalue weighted by atomic mass is 16.2. The van der Waals surface area contributed by atoms with Crippen LogP contribution in [0.15, 0.2) is 18.5 Å². The van der Waals surface area contributed by atoms with Gasteiger partial charge in [0.15, 0.2) is 0 Å². The molecule has 0 spiro atoms. The predicted molar refractivity (Wildman–Crippen MR) is 74.4 cm³/mol. The molecule has 1 unspecified atom stereocenters. The molecule has 0 aromatic carbocycles. The average Bonchev–Trinajstić information content (AvgIpc) is 2.34. The molecule has 0 radical (unpaired) electrons. The first-order valence-electron chi connectivity index (χ1n) is 6.13. The summed E-state index contributed by atoms with van der Waals surface area (Å²) in [6.45, 7) is 6.67. The zero-order valence-corrected chi connectivity index (χ0v) is 11.5. The van der Waals surface area contributed by atoms with Crippen LogP contribution in [0.4, 0.5) is 11.4 Å². The van der Waals surface area contributed by atoms with Crippen molar-refractivity contribution in [2.24, 2.45) is 5.92 Å². The molecule has 1 heterocycles. The lowest BCUT2D eigenvalue weighted by molar-refractivity contribution is -0.122. The van der Waals surface area contributed by atoms with E-state index in [4.69, 9.17) is 5.73 Å². The van der Waals surface area contributed by atoms with Gasteiger partial charge in [0, 0.05) is 19.8 Å². The van der Waals surface area contributed by atoms with Gasteiger partial charge in [0.25, 0.3) is 0 Å². The van der Waals surface area contributed by atoms with Gasteiger partial charge in [0.2, 0.25) is 5.91 Å².